The monoisotopic (exact) mass is 284 g/mol. The van der Waals surface area contributed by atoms with E-state index in [0.717, 1.165) is 11.1 Å². The van der Waals surface area contributed by atoms with Crippen molar-refractivity contribution < 1.29 is 9.15 Å². The van der Waals surface area contributed by atoms with Crippen molar-refractivity contribution in [2.24, 2.45) is 0 Å². The molecule has 2 aliphatic heterocycles. The van der Waals surface area contributed by atoms with E-state index in [4.69, 9.17) is 0 Å². The van der Waals surface area contributed by atoms with Crippen LogP contribution >= 0.6 is 0 Å². The molecule has 2 aromatic carbocycles. The number of hydrogen-bond acceptors (Lipinski definition) is 0. The van der Waals surface area contributed by atoms with E-state index in [1.165, 1.54) is 16.7 Å². The van der Waals surface area contributed by atoms with Gasteiger partial charge in [-0.2, -0.15) is 0 Å². The first-order valence-electron chi connectivity index (χ1n) is 7.29. The van der Waals surface area contributed by atoms with Gasteiger partial charge in [-0.05, 0) is 6.92 Å². The molecule has 2 nitrogen and oxygen atoms in total. The van der Waals surface area contributed by atoms with Crippen molar-refractivity contribution in [2.75, 3.05) is 0 Å². The molecular formula is C20H16N2. The molecule has 0 aliphatic carbocycles. The van der Waals surface area contributed by atoms with Gasteiger partial charge in [-0.1, -0.05) is 54.1 Å². The molecule has 2 aliphatic rings. The highest BCUT2D eigenvalue weighted by atomic mass is 15.3. The van der Waals surface area contributed by atoms with Crippen LogP contribution in [0.3, 0.4) is 0 Å². The smallest absolute Gasteiger partial charge is 0.227 e. The number of fused-ring (bicyclic) bond motifs is 4. The number of aryl methyl sites for hydroxylation is 1. The van der Waals surface area contributed by atoms with Gasteiger partial charge in [0.25, 0.3) is 0 Å². The lowest BCUT2D eigenvalue weighted by Crippen LogP contribution is -2.41. The molecule has 1 unspecified atom stereocenters. The average Bonchev–Trinajstić information content (AvgIpc) is 3.04. The molecule has 0 aromatic heterocycles. The molecule has 1 atom stereocenters. The van der Waals surface area contributed by atoms with Crippen LogP contribution in [0, 0.1) is 6.92 Å². The van der Waals surface area contributed by atoms with Crippen LogP contribution in [0.25, 0.3) is 0 Å². The van der Waals surface area contributed by atoms with Crippen molar-refractivity contribution in [3.8, 4) is 0 Å². The van der Waals surface area contributed by atoms with E-state index in [-0.39, 0.29) is 0 Å². The van der Waals surface area contributed by atoms with E-state index < -0.39 is 5.66 Å². The molecule has 2 heteroatoms. The standard InChI is InChI=1S/C20H16N2/c1-4-21-13-16-8-6-7-9-18(16)20(21)19-11-10-15(3)12-17(19)14-22(20)5-2/h4-12H,1-2H2,3H3. The molecule has 1 spiro atoms. The Morgan fingerprint density at radius 3 is 2.27 bits per heavy atom. The van der Waals surface area contributed by atoms with Gasteiger partial charge in [0.1, 0.15) is 0 Å². The van der Waals surface area contributed by atoms with Crippen LogP contribution in [-0.4, -0.2) is 21.6 Å². The van der Waals surface area contributed by atoms with Gasteiger partial charge in [-0.15, -0.1) is 18.2 Å². The Morgan fingerprint density at radius 2 is 1.55 bits per heavy atom. The van der Waals surface area contributed by atoms with E-state index in [9.17, 15) is 0 Å². The molecule has 0 saturated heterocycles. The summed E-state index contributed by atoms with van der Waals surface area (Å²) in [5, 5.41) is 0. The van der Waals surface area contributed by atoms with Gasteiger partial charge in [-0.25, -0.2) is 9.15 Å². The molecule has 22 heavy (non-hydrogen) atoms. The SMILES string of the molecule is C=C[N+]1=[C-]c2ccccc2C12c1ccc(C)cc1[C-]=[N+]2C=C. The first-order valence-corrected chi connectivity index (χ1v) is 7.29. The summed E-state index contributed by atoms with van der Waals surface area (Å²) < 4.78 is 4.05. The van der Waals surface area contributed by atoms with Gasteiger partial charge in [0.15, 0.2) is 12.4 Å². The third kappa shape index (κ3) is 1.39. The number of hydrogen-bond donors (Lipinski definition) is 0. The minimum absolute atomic E-state index is 0.511. The number of rotatable bonds is 2. The molecule has 2 aromatic rings. The second-order valence-electron chi connectivity index (χ2n) is 5.60. The van der Waals surface area contributed by atoms with Crippen LogP contribution in [0.2, 0.25) is 0 Å². The second-order valence-corrected chi connectivity index (χ2v) is 5.60. The molecule has 4 rings (SSSR count). The van der Waals surface area contributed by atoms with Crippen LogP contribution in [0.1, 0.15) is 27.8 Å². The minimum Gasteiger partial charge on any atom is -0.227 e. The molecule has 0 radical (unpaired) electrons. The van der Waals surface area contributed by atoms with Crippen LogP contribution in [0.15, 0.2) is 68.0 Å². The fourth-order valence-electron chi connectivity index (χ4n) is 3.50. The molecule has 0 amide bonds. The van der Waals surface area contributed by atoms with Gasteiger partial charge in [0, 0.05) is 11.1 Å². The largest absolute Gasteiger partial charge is 0.323 e. The lowest BCUT2D eigenvalue weighted by Gasteiger charge is -2.27. The first-order chi connectivity index (χ1) is 10.7. The van der Waals surface area contributed by atoms with Crippen LogP contribution < -0.4 is 0 Å². The zero-order valence-electron chi connectivity index (χ0n) is 12.5. The van der Waals surface area contributed by atoms with Crippen molar-refractivity contribution in [1.82, 2.24) is 0 Å². The summed E-state index contributed by atoms with van der Waals surface area (Å²) in [4.78, 5) is 0. The summed E-state index contributed by atoms with van der Waals surface area (Å²) >= 11 is 0. The third-order valence-corrected chi connectivity index (χ3v) is 4.40. The fourth-order valence-corrected chi connectivity index (χ4v) is 3.50. The van der Waals surface area contributed by atoms with Crippen molar-refractivity contribution in [3.63, 3.8) is 0 Å². The summed E-state index contributed by atoms with van der Waals surface area (Å²) in [5.74, 6) is 0. The van der Waals surface area contributed by atoms with Gasteiger partial charge in [0.2, 0.25) is 0 Å². The topological polar surface area (TPSA) is 6.02 Å². The quantitative estimate of drug-likeness (QED) is 0.590. The molecule has 0 saturated carbocycles. The molecule has 106 valence electrons. The van der Waals surface area contributed by atoms with Crippen molar-refractivity contribution in [1.29, 1.82) is 0 Å². The van der Waals surface area contributed by atoms with E-state index in [2.05, 4.69) is 68.9 Å². The minimum atomic E-state index is -0.511. The summed E-state index contributed by atoms with van der Waals surface area (Å²) in [7, 11) is 0. The first kappa shape index (κ1) is 13.0. The van der Waals surface area contributed by atoms with Crippen LogP contribution in [0.4, 0.5) is 0 Å². The van der Waals surface area contributed by atoms with E-state index in [1.807, 2.05) is 27.6 Å². The molecule has 0 fully saturated rings. The van der Waals surface area contributed by atoms with Crippen molar-refractivity contribution >= 4 is 12.4 Å². The normalized spacial score (nSPS) is 21.1. The maximum absolute atomic E-state index is 3.98. The predicted octanol–water partition coefficient (Wildman–Crippen LogP) is 3.13. The van der Waals surface area contributed by atoms with E-state index >= 15 is 0 Å². The third-order valence-electron chi connectivity index (χ3n) is 4.40. The van der Waals surface area contributed by atoms with Gasteiger partial charge >= 0.3 is 5.66 Å². The van der Waals surface area contributed by atoms with Gasteiger partial charge in [0.05, 0.1) is 12.4 Å². The summed E-state index contributed by atoms with van der Waals surface area (Å²) in [6.45, 7) is 10.1. The van der Waals surface area contributed by atoms with Crippen molar-refractivity contribution in [3.05, 3.63) is 95.8 Å². The maximum atomic E-state index is 3.98. The highest BCUT2D eigenvalue weighted by molar-refractivity contribution is 5.87. The second kappa shape index (κ2) is 4.38. The Kier molecular flexibility index (Phi) is 2.58. The summed E-state index contributed by atoms with van der Waals surface area (Å²) in [5.41, 5.74) is 5.22. The van der Waals surface area contributed by atoms with Gasteiger partial charge in [-0.3, -0.25) is 0 Å². The lowest BCUT2D eigenvalue weighted by atomic mass is 9.89. The molecule has 0 N–H and O–H groups in total. The summed E-state index contributed by atoms with van der Waals surface area (Å²) in [6, 6.07) is 14.8. The van der Waals surface area contributed by atoms with E-state index in [0.29, 0.717) is 0 Å². The Bertz CT molecular complexity index is 886. The Labute approximate surface area is 130 Å². The average molecular weight is 284 g/mol. The number of nitrogens with zero attached hydrogens (tertiary/aromatic N) is 2. The van der Waals surface area contributed by atoms with E-state index in [1.54, 1.807) is 0 Å². The predicted molar refractivity (Wildman–Crippen MR) is 87.5 cm³/mol. The van der Waals surface area contributed by atoms with Crippen LogP contribution in [0.5, 0.6) is 0 Å². The Morgan fingerprint density at radius 1 is 0.909 bits per heavy atom. The highest BCUT2D eigenvalue weighted by Gasteiger charge is 2.54. The zero-order valence-corrected chi connectivity index (χ0v) is 12.5. The fraction of sp³-hybridized carbons (Fsp3) is 0.100. The Balaban J connectivity index is 2.13. The number of benzene rings is 2. The van der Waals surface area contributed by atoms with Gasteiger partial charge < -0.3 is 0 Å². The lowest BCUT2D eigenvalue weighted by molar-refractivity contribution is -0.766. The maximum Gasteiger partial charge on any atom is 0.323 e. The molecule has 2 heterocycles. The van der Waals surface area contributed by atoms with Crippen molar-refractivity contribution in [2.45, 2.75) is 12.6 Å². The molecular weight excluding hydrogens is 268 g/mol. The Hall–Kier alpha value is -2.74. The molecule has 0 bridgehead atoms. The van der Waals surface area contributed by atoms with Crippen LogP contribution in [-0.2, 0) is 5.66 Å². The summed E-state index contributed by atoms with van der Waals surface area (Å²) in [6.07, 6.45) is 10.5. The zero-order chi connectivity index (χ0) is 15.3. The highest BCUT2D eigenvalue weighted by Crippen LogP contribution is 2.44.